The van der Waals surface area contributed by atoms with E-state index in [9.17, 15) is 14.4 Å². The minimum absolute atomic E-state index is 0.169. The molecule has 136 valence electrons. The van der Waals surface area contributed by atoms with Crippen LogP contribution < -0.4 is 0 Å². The van der Waals surface area contributed by atoms with Crippen LogP contribution in [0.1, 0.15) is 36.5 Å². The summed E-state index contributed by atoms with van der Waals surface area (Å²) in [7, 11) is 0. The fourth-order valence-electron chi connectivity index (χ4n) is 3.10. The van der Waals surface area contributed by atoms with Crippen LogP contribution in [0.5, 0.6) is 0 Å². The van der Waals surface area contributed by atoms with Crippen LogP contribution >= 0.6 is 23.2 Å². The number of rotatable bonds is 4. The molecule has 8 heteroatoms. The number of aliphatic carboxylic acids is 1. The van der Waals surface area contributed by atoms with Gasteiger partial charge in [0.15, 0.2) is 0 Å². The lowest BCUT2D eigenvalue weighted by atomic mass is 10.1. The molecule has 1 aliphatic rings. The monoisotopic (exact) mass is 386 g/mol. The molecule has 2 rings (SSSR count). The van der Waals surface area contributed by atoms with E-state index in [0.717, 1.165) is 0 Å². The van der Waals surface area contributed by atoms with Crippen molar-refractivity contribution in [1.29, 1.82) is 0 Å². The van der Waals surface area contributed by atoms with Gasteiger partial charge in [-0.1, -0.05) is 23.2 Å². The second kappa shape index (κ2) is 8.54. The lowest BCUT2D eigenvalue weighted by Crippen LogP contribution is -2.43. The molecule has 1 unspecified atom stereocenters. The molecule has 6 nitrogen and oxygen atoms in total. The van der Waals surface area contributed by atoms with Gasteiger partial charge in [-0.25, -0.2) is 0 Å². The van der Waals surface area contributed by atoms with E-state index in [2.05, 4.69) is 0 Å². The number of hydrogen-bond acceptors (Lipinski definition) is 3. The Morgan fingerprint density at radius 2 is 1.80 bits per heavy atom. The molecule has 0 spiro atoms. The number of benzene rings is 1. The van der Waals surface area contributed by atoms with Gasteiger partial charge in [-0.15, -0.1) is 0 Å². The number of likely N-dealkylation sites (tertiary alicyclic amines) is 1. The predicted molar refractivity (Wildman–Crippen MR) is 95.0 cm³/mol. The van der Waals surface area contributed by atoms with Gasteiger partial charge in [-0.2, -0.15) is 0 Å². The molecule has 0 saturated carbocycles. The normalized spacial score (nSPS) is 17.7. The van der Waals surface area contributed by atoms with Crippen molar-refractivity contribution in [1.82, 2.24) is 9.80 Å². The first kappa shape index (κ1) is 19.5. The van der Waals surface area contributed by atoms with E-state index < -0.39 is 5.97 Å². The minimum atomic E-state index is -1.04. The van der Waals surface area contributed by atoms with E-state index in [0.29, 0.717) is 48.0 Å². The summed E-state index contributed by atoms with van der Waals surface area (Å²) in [5, 5.41) is 9.78. The number of nitrogens with zero attached hydrogens (tertiary/aromatic N) is 2. The summed E-state index contributed by atoms with van der Waals surface area (Å²) in [6.45, 7) is 2.03. The Hall–Kier alpha value is -1.79. The van der Waals surface area contributed by atoms with E-state index in [1.165, 1.54) is 11.8 Å². The first-order valence-electron chi connectivity index (χ1n) is 8.02. The van der Waals surface area contributed by atoms with Gasteiger partial charge in [-0.05, 0) is 37.5 Å². The third kappa shape index (κ3) is 5.34. The van der Waals surface area contributed by atoms with Crippen molar-refractivity contribution in [3.05, 3.63) is 33.8 Å². The van der Waals surface area contributed by atoms with Crippen molar-refractivity contribution < 1.29 is 19.5 Å². The molecule has 1 aliphatic heterocycles. The molecular formula is C17H20Cl2N2O4. The first-order chi connectivity index (χ1) is 11.8. The Morgan fingerprint density at radius 3 is 2.36 bits per heavy atom. The molecule has 1 fully saturated rings. The van der Waals surface area contributed by atoms with Crippen molar-refractivity contribution in [3.63, 3.8) is 0 Å². The predicted octanol–water partition coefficient (Wildman–Crippen LogP) is 2.92. The molecule has 1 N–H and O–H groups in total. The Bertz CT molecular complexity index is 660. The summed E-state index contributed by atoms with van der Waals surface area (Å²) < 4.78 is 0. The van der Waals surface area contributed by atoms with E-state index in [4.69, 9.17) is 28.3 Å². The van der Waals surface area contributed by atoms with Crippen LogP contribution in [0.4, 0.5) is 0 Å². The van der Waals surface area contributed by atoms with Gasteiger partial charge in [-0.3, -0.25) is 14.4 Å². The number of carbonyl (C=O) groups is 3. The maximum atomic E-state index is 12.7. The molecule has 1 aromatic rings. The van der Waals surface area contributed by atoms with Gasteiger partial charge in [0.05, 0.1) is 0 Å². The highest BCUT2D eigenvalue weighted by Crippen LogP contribution is 2.23. The van der Waals surface area contributed by atoms with Gasteiger partial charge in [0.1, 0.15) is 6.54 Å². The number of carbonyl (C=O) groups excluding carboxylic acids is 2. The van der Waals surface area contributed by atoms with Crippen LogP contribution in [0, 0.1) is 0 Å². The molecule has 0 bridgehead atoms. The van der Waals surface area contributed by atoms with Crippen LogP contribution in [0.3, 0.4) is 0 Å². The zero-order chi connectivity index (χ0) is 18.6. The lowest BCUT2D eigenvalue weighted by molar-refractivity contribution is -0.145. The molecule has 0 aliphatic carbocycles. The van der Waals surface area contributed by atoms with Crippen LogP contribution in [-0.2, 0) is 9.59 Å². The molecular weight excluding hydrogens is 367 g/mol. The van der Waals surface area contributed by atoms with Gasteiger partial charge >= 0.3 is 5.97 Å². The molecule has 0 radical (unpaired) electrons. The summed E-state index contributed by atoms with van der Waals surface area (Å²) in [6.07, 6.45) is 1.88. The van der Waals surface area contributed by atoms with Gasteiger partial charge in [0.2, 0.25) is 5.91 Å². The van der Waals surface area contributed by atoms with Crippen molar-refractivity contribution in [2.45, 2.75) is 32.2 Å². The number of carboxylic acids is 1. The number of halogens is 2. The minimum Gasteiger partial charge on any atom is -0.480 e. The standard InChI is InChI=1S/C17H20Cl2N2O4/c1-11(22)21(10-16(23)24)15-3-2-5-20(6-4-15)17(25)12-7-13(18)9-14(19)8-12/h7-9,15H,2-6,10H2,1H3,(H,23,24). The Labute approximate surface area is 156 Å². The molecule has 1 heterocycles. The summed E-state index contributed by atoms with van der Waals surface area (Å²) in [4.78, 5) is 38.5. The zero-order valence-corrected chi connectivity index (χ0v) is 15.4. The molecule has 0 aromatic heterocycles. The highest BCUT2D eigenvalue weighted by atomic mass is 35.5. The van der Waals surface area contributed by atoms with Crippen LogP contribution in [0.2, 0.25) is 10.0 Å². The van der Waals surface area contributed by atoms with Crippen molar-refractivity contribution >= 4 is 41.0 Å². The number of carboxylic acid groups (broad SMARTS) is 1. The second-order valence-corrected chi connectivity index (χ2v) is 6.95. The van der Waals surface area contributed by atoms with Crippen LogP contribution in [0.25, 0.3) is 0 Å². The van der Waals surface area contributed by atoms with E-state index in [1.807, 2.05) is 0 Å². The quantitative estimate of drug-likeness (QED) is 0.862. The molecule has 2 amide bonds. The molecule has 25 heavy (non-hydrogen) atoms. The molecule has 1 aromatic carbocycles. The first-order valence-corrected chi connectivity index (χ1v) is 8.78. The maximum absolute atomic E-state index is 12.7. The number of amides is 2. The van der Waals surface area contributed by atoms with Gasteiger partial charge in [0.25, 0.3) is 5.91 Å². The van der Waals surface area contributed by atoms with E-state index >= 15 is 0 Å². The SMILES string of the molecule is CC(=O)N(CC(=O)O)C1CCCN(C(=O)c2cc(Cl)cc(Cl)c2)CC1. The van der Waals surface area contributed by atoms with Crippen molar-refractivity contribution in [2.24, 2.45) is 0 Å². The van der Waals surface area contributed by atoms with Crippen molar-refractivity contribution in [3.8, 4) is 0 Å². The van der Waals surface area contributed by atoms with Crippen molar-refractivity contribution in [2.75, 3.05) is 19.6 Å². The third-order valence-electron chi connectivity index (χ3n) is 4.25. The van der Waals surface area contributed by atoms with Crippen LogP contribution in [0.15, 0.2) is 18.2 Å². The summed E-state index contributed by atoms with van der Waals surface area (Å²) >= 11 is 11.9. The Morgan fingerprint density at radius 1 is 1.16 bits per heavy atom. The summed E-state index contributed by atoms with van der Waals surface area (Å²) in [6, 6.07) is 4.53. The largest absolute Gasteiger partial charge is 0.480 e. The van der Waals surface area contributed by atoms with Gasteiger partial charge in [0, 0.05) is 41.7 Å². The maximum Gasteiger partial charge on any atom is 0.323 e. The van der Waals surface area contributed by atoms with E-state index in [-0.39, 0.29) is 24.4 Å². The Kier molecular flexibility index (Phi) is 6.67. The second-order valence-electron chi connectivity index (χ2n) is 6.08. The highest BCUT2D eigenvalue weighted by Gasteiger charge is 2.28. The number of hydrogen-bond donors (Lipinski definition) is 1. The average molecular weight is 387 g/mol. The smallest absolute Gasteiger partial charge is 0.323 e. The van der Waals surface area contributed by atoms with E-state index in [1.54, 1.807) is 23.1 Å². The van der Waals surface area contributed by atoms with Crippen LogP contribution in [-0.4, -0.2) is 58.4 Å². The fourth-order valence-corrected chi connectivity index (χ4v) is 3.62. The fraction of sp³-hybridized carbons (Fsp3) is 0.471. The molecule has 1 atom stereocenters. The highest BCUT2D eigenvalue weighted by molar-refractivity contribution is 6.35. The lowest BCUT2D eigenvalue weighted by Gasteiger charge is -2.28. The Balaban J connectivity index is 2.08. The topological polar surface area (TPSA) is 77.9 Å². The zero-order valence-electron chi connectivity index (χ0n) is 13.9. The average Bonchev–Trinajstić information content (AvgIpc) is 2.76. The third-order valence-corrected chi connectivity index (χ3v) is 4.68. The summed E-state index contributed by atoms with van der Waals surface area (Å²) in [5.74, 6) is -1.48. The summed E-state index contributed by atoms with van der Waals surface area (Å²) in [5.41, 5.74) is 0.421. The molecule has 1 saturated heterocycles. The van der Waals surface area contributed by atoms with Gasteiger partial charge < -0.3 is 14.9 Å².